The number of nitrogens with one attached hydrogen (secondary N) is 1. The molecule has 1 aliphatic rings. The van der Waals surface area contributed by atoms with E-state index in [4.69, 9.17) is 23.2 Å². The number of benzene rings is 4. The summed E-state index contributed by atoms with van der Waals surface area (Å²) in [6, 6.07) is 27.1. The summed E-state index contributed by atoms with van der Waals surface area (Å²) >= 11 is 12.8. The number of sulfonamides is 1. The van der Waals surface area contributed by atoms with Crippen LogP contribution in [0.2, 0.25) is 10.0 Å². The molecule has 1 aliphatic carbocycles. The zero-order valence-corrected chi connectivity index (χ0v) is 29.6. The van der Waals surface area contributed by atoms with Gasteiger partial charge in [-0.1, -0.05) is 109 Å². The van der Waals surface area contributed by atoms with Gasteiger partial charge in [0.25, 0.3) is 10.0 Å². The number of hydrogen-bond acceptors (Lipinski definition) is 4. The minimum Gasteiger partial charge on any atom is -0.352 e. The molecule has 5 rings (SSSR count). The average molecular weight is 707 g/mol. The molecule has 1 fully saturated rings. The molecule has 7 nitrogen and oxygen atoms in total. The molecular formula is C38H41Cl2N3O4S. The zero-order chi connectivity index (χ0) is 34.3. The lowest BCUT2D eigenvalue weighted by molar-refractivity contribution is -0.140. The number of carbonyl (C=O) groups is 2. The van der Waals surface area contributed by atoms with Crippen LogP contribution in [0.1, 0.15) is 54.4 Å². The van der Waals surface area contributed by atoms with Crippen molar-refractivity contribution in [1.82, 2.24) is 10.2 Å². The van der Waals surface area contributed by atoms with E-state index in [2.05, 4.69) is 5.32 Å². The lowest BCUT2D eigenvalue weighted by atomic mass is 9.94. The second-order valence-electron chi connectivity index (χ2n) is 12.5. The molecular weight excluding hydrogens is 665 g/mol. The molecule has 4 aromatic carbocycles. The van der Waals surface area contributed by atoms with Crippen LogP contribution in [0.25, 0.3) is 0 Å². The van der Waals surface area contributed by atoms with Gasteiger partial charge in [-0.25, -0.2) is 8.42 Å². The van der Waals surface area contributed by atoms with Crippen molar-refractivity contribution in [3.05, 3.63) is 129 Å². The lowest BCUT2D eigenvalue weighted by Gasteiger charge is -2.35. The van der Waals surface area contributed by atoms with Crippen molar-refractivity contribution in [2.24, 2.45) is 0 Å². The summed E-state index contributed by atoms with van der Waals surface area (Å²) in [6.45, 7) is 3.18. The van der Waals surface area contributed by atoms with Crippen molar-refractivity contribution in [3.8, 4) is 0 Å². The van der Waals surface area contributed by atoms with Gasteiger partial charge in [-0.3, -0.25) is 13.9 Å². The summed E-state index contributed by atoms with van der Waals surface area (Å²) in [7, 11) is -4.19. The van der Waals surface area contributed by atoms with E-state index in [1.807, 2.05) is 50.2 Å². The van der Waals surface area contributed by atoms with E-state index in [0.717, 1.165) is 53.1 Å². The fourth-order valence-electron chi connectivity index (χ4n) is 6.08. The molecule has 2 amide bonds. The van der Waals surface area contributed by atoms with Crippen molar-refractivity contribution in [2.75, 3.05) is 10.8 Å². The normalized spacial score (nSPS) is 14.2. The standard InChI is InChI=1S/C38H41Cl2N3O4S/c1-27-16-20-34(21-17-27)48(46,47)43(33-15-9-10-28(2)22-33)26-37(44)42(25-30-18-19-31(39)24-35(30)40)36(23-29-11-5-3-6-12-29)38(45)41-32-13-7-4-8-14-32/h3,5-6,9-12,15-22,24,32,36H,4,7-8,13-14,23,25-26H2,1-2H3,(H,41,45)/t36-/m0/s1. The van der Waals surface area contributed by atoms with Gasteiger partial charge in [-0.05, 0) is 79.8 Å². The quantitative estimate of drug-likeness (QED) is 0.162. The Bertz CT molecular complexity index is 1830. The second-order valence-corrected chi connectivity index (χ2v) is 15.2. The van der Waals surface area contributed by atoms with E-state index in [9.17, 15) is 18.0 Å². The third-order valence-corrected chi connectivity index (χ3v) is 11.1. The van der Waals surface area contributed by atoms with Crippen molar-refractivity contribution in [3.63, 3.8) is 0 Å². The van der Waals surface area contributed by atoms with E-state index in [0.29, 0.717) is 21.3 Å². The molecule has 1 atom stereocenters. The van der Waals surface area contributed by atoms with Crippen LogP contribution in [-0.4, -0.2) is 43.8 Å². The van der Waals surface area contributed by atoms with Gasteiger partial charge in [0, 0.05) is 29.1 Å². The molecule has 0 unspecified atom stereocenters. The lowest BCUT2D eigenvalue weighted by Crippen LogP contribution is -2.55. The van der Waals surface area contributed by atoms with Crippen LogP contribution in [-0.2, 0) is 32.6 Å². The molecule has 252 valence electrons. The van der Waals surface area contributed by atoms with E-state index in [1.54, 1.807) is 60.7 Å². The van der Waals surface area contributed by atoms with E-state index < -0.39 is 28.5 Å². The summed E-state index contributed by atoms with van der Waals surface area (Å²) in [6.07, 6.45) is 5.15. The first-order valence-corrected chi connectivity index (χ1v) is 18.4. The SMILES string of the molecule is Cc1ccc(S(=O)(=O)N(CC(=O)N(Cc2ccc(Cl)cc2Cl)[C@@H](Cc2ccccc2)C(=O)NC2CCCCC2)c2cccc(C)c2)cc1. The number of nitrogens with zero attached hydrogens (tertiary/aromatic N) is 2. The molecule has 0 aliphatic heterocycles. The molecule has 4 aromatic rings. The molecule has 0 heterocycles. The number of rotatable bonds is 12. The molecule has 48 heavy (non-hydrogen) atoms. The summed E-state index contributed by atoms with van der Waals surface area (Å²) in [5.41, 5.74) is 3.54. The maximum absolute atomic E-state index is 14.7. The number of halogens is 2. The summed E-state index contributed by atoms with van der Waals surface area (Å²) in [5.74, 6) is -0.828. The summed E-state index contributed by atoms with van der Waals surface area (Å²) in [4.78, 5) is 30.5. The van der Waals surface area contributed by atoms with Gasteiger partial charge >= 0.3 is 0 Å². The Kier molecular flexibility index (Phi) is 11.8. The fourth-order valence-corrected chi connectivity index (χ4v) is 7.96. The smallest absolute Gasteiger partial charge is 0.264 e. The largest absolute Gasteiger partial charge is 0.352 e. The van der Waals surface area contributed by atoms with Crippen LogP contribution >= 0.6 is 23.2 Å². The van der Waals surface area contributed by atoms with Gasteiger partial charge in [0.15, 0.2) is 0 Å². The van der Waals surface area contributed by atoms with Gasteiger partial charge in [0.1, 0.15) is 12.6 Å². The van der Waals surface area contributed by atoms with Crippen LogP contribution in [0.4, 0.5) is 5.69 Å². The molecule has 1 N–H and O–H groups in total. The predicted octanol–water partition coefficient (Wildman–Crippen LogP) is 7.89. The number of hydrogen-bond donors (Lipinski definition) is 1. The van der Waals surface area contributed by atoms with Gasteiger partial charge in [0.2, 0.25) is 11.8 Å². The van der Waals surface area contributed by atoms with Gasteiger partial charge < -0.3 is 10.2 Å². The Hall–Kier alpha value is -3.85. The monoisotopic (exact) mass is 705 g/mol. The van der Waals surface area contributed by atoms with Crippen LogP contribution in [0.3, 0.4) is 0 Å². The van der Waals surface area contributed by atoms with Crippen LogP contribution < -0.4 is 9.62 Å². The number of aryl methyl sites for hydroxylation is 2. The molecule has 0 spiro atoms. The highest BCUT2D eigenvalue weighted by Gasteiger charge is 2.35. The highest BCUT2D eigenvalue weighted by atomic mass is 35.5. The zero-order valence-electron chi connectivity index (χ0n) is 27.2. The number of carbonyl (C=O) groups excluding carboxylic acids is 2. The second kappa shape index (κ2) is 16.0. The first-order chi connectivity index (χ1) is 23.0. The van der Waals surface area contributed by atoms with E-state index in [1.165, 1.54) is 4.90 Å². The van der Waals surface area contributed by atoms with Crippen molar-refractivity contribution < 1.29 is 18.0 Å². The van der Waals surface area contributed by atoms with Crippen LogP contribution in [0.15, 0.2) is 102 Å². The molecule has 10 heteroatoms. The first kappa shape index (κ1) is 35.5. The topological polar surface area (TPSA) is 86.8 Å². The van der Waals surface area contributed by atoms with E-state index in [-0.39, 0.29) is 29.8 Å². The highest BCUT2D eigenvalue weighted by Crippen LogP contribution is 2.28. The Morgan fingerprint density at radius 3 is 2.21 bits per heavy atom. The fraction of sp³-hybridized carbons (Fsp3) is 0.316. The van der Waals surface area contributed by atoms with Crippen molar-refractivity contribution in [1.29, 1.82) is 0 Å². The van der Waals surface area contributed by atoms with Gasteiger partial charge in [-0.2, -0.15) is 0 Å². The predicted molar refractivity (Wildman–Crippen MR) is 193 cm³/mol. The van der Waals surface area contributed by atoms with E-state index >= 15 is 0 Å². The average Bonchev–Trinajstić information content (AvgIpc) is 3.07. The third-order valence-electron chi connectivity index (χ3n) is 8.76. The Morgan fingerprint density at radius 1 is 0.833 bits per heavy atom. The number of anilines is 1. The van der Waals surface area contributed by atoms with Gasteiger partial charge in [-0.15, -0.1) is 0 Å². The molecule has 0 bridgehead atoms. The third kappa shape index (κ3) is 8.98. The molecule has 0 aromatic heterocycles. The maximum Gasteiger partial charge on any atom is 0.264 e. The minimum absolute atomic E-state index is 0.00584. The van der Waals surface area contributed by atoms with Crippen LogP contribution in [0, 0.1) is 13.8 Å². The Labute approximate surface area is 293 Å². The maximum atomic E-state index is 14.7. The highest BCUT2D eigenvalue weighted by molar-refractivity contribution is 7.92. The molecule has 1 saturated carbocycles. The molecule has 0 radical (unpaired) electrons. The van der Waals surface area contributed by atoms with Crippen molar-refractivity contribution in [2.45, 2.75) is 75.9 Å². The first-order valence-electron chi connectivity index (χ1n) is 16.2. The van der Waals surface area contributed by atoms with Crippen LogP contribution in [0.5, 0.6) is 0 Å². The van der Waals surface area contributed by atoms with Gasteiger partial charge in [0.05, 0.1) is 10.6 Å². The Balaban J connectivity index is 1.58. The number of amides is 2. The summed E-state index contributed by atoms with van der Waals surface area (Å²) in [5, 5.41) is 4.00. The minimum atomic E-state index is -4.19. The summed E-state index contributed by atoms with van der Waals surface area (Å²) < 4.78 is 29.6. The Morgan fingerprint density at radius 2 is 1.54 bits per heavy atom. The van der Waals surface area contributed by atoms with Crippen molar-refractivity contribution >= 4 is 50.7 Å². The molecule has 0 saturated heterocycles.